The third-order valence-corrected chi connectivity index (χ3v) is 9.69. The summed E-state index contributed by atoms with van der Waals surface area (Å²) in [5, 5.41) is 6.73. The molecule has 0 spiro atoms. The maximum absolute atomic E-state index is 6.26. The van der Waals surface area contributed by atoms with Crippen molar-refractivity contribution in [2.75, 3.05) is 0 Å². The van der Waals surface area contributed by atoms with Gasteiger partial charge in [0.05, 0.1) is 0 Å². The number of furan rings is 1. The second-order valence-corrected chi connectivity index (χ2v) is 12.9. The van der Waals surface area contributed by atoms with E-state index in [0.29, 0.717) is 17.5 Å². The Morgan fingerprint density at radius 1 is 0.314 bits per heavy atom. The Kier molecular flexibility index (Phi) is 6.78. The van der Waals surface area contributed by atoms with Crippen molar-refractivity contribution < 1.29 is 4.42 Å². The maximum Gasteiger partial charge on any atom is 0.164 e. The van der Waals surface area contributed by atoms with Crippen LogP contribution in [0.1, 0.15) is 0 Å². The molecule has 0 aliphatic carbocycles. The van der Waals surface area contributed by atoms with Crippen molar-refractivity contribution >= 4 is 43.5 Å². The van der Waals surface area contributed by atoms with Crippen molar-refractivity contribution in [3.05, 3.63) is 176 Å². The summed E-state index contributed by atoms with van der Waals surface area (Å²) in [6.45, 7) is 0. The Balaban J connectivity index is 1.15. The number of hydrogen-bond acceptors (Lipinski definition) is 4. The highest BCUT2D eigenvalue weighted by atomic mass is 16.3. The normalized spacial score (nSPS) is 11.5. The van der Waals surface area contributed by atoms with E-state index < -0.39 is 0 Å². The number of rotatable bonds is 5. The van der Waals surface area contributed by atoms with Crippen LogP contribution in [0.25, 0.3) is 99.9 Å². The van der Waals surface area contributed by atoms with Crippen molar-refractivity contribution in [1.82, 2.24) is 15.0 Å². The van der Waals surface area contributed by atoms with E-state index >= 15 is 0 Å². The first kappa shape index (κ1) is 29.0. The Morgan fingerprint density at radius 2 is 0.824 bits per heavy atom. The first-order valence-corrected chi connectivity index (χ1v) is 17.1. The minimum absolute atomic E-state index is 0.600. The molecule has 8 aromatic carbocycles. The number of benzene rings is 8. The highest BCUT2D eigenvalue weighted by Gasteiger charge is 2.18. The summed E-state index contributed by atoms with van der Waals surface area (Å²) in [5.41, 5.74) is 9.01. The number of fused-ring (bicyclic) bond motifs is 5. The van der Waals surface area contributed by atoms with Gasteiger partial charge in [0.2, 0.25) is 0 Å². The van der Waals surface area contributed by atoms with Gasteiger partial charge in [-0.1, -0.05) is 140 Å². The monoisotopic (exact) mass is 651 g/mol. The van der Waals surface area contributed by atoms with Crippen LogP contribution < -0.4 is 0 Å². The Bertz CT molecular complexity index is 2930. The fourth-order valence-corrected chi connectivity index (χ4v) is 7.12. The van der Waals surface area contributed by atoms with Gasteiger partial charge in [-0.15, -0.1) is 0 Å². The highest BCUT2D eigenvalue weighted by molar-refractivity contribution is 6.11. The molecule has 0 saturated carbocycles. The molecule has 0 saturated heterocycles. The SMILES string of the molecule is c1ccc(-c2ccc3cc(-c4nc(-c5cccc(-c6ccc7ccccc7c6)c5)nc(-c5cccc6oc7ccccc7c56)n4)ccc3c2)cc1. The van der Waals surface area contributed by atoms with Gasteiger partial charge in [0, 0.05) is 27.5 Å². The van der Waals surface area contributed by atoms with E-state index in [1.165, 1.54) is 21.9 Å². The quantitative estimate of drug-likeness (QED) is 0.186. The van der Waals surface area contributed by atoms with Crippen molar-refractivity contribution in [1.29, 1.82) is 0 Å². The molecule has 10 aromatic rings. The molecular weight excluding hydrogens is 623 g/mol. The molecule has 4 heteroatoms. The summed E-state index contributed by atoms with van der Waals surface area (Å²) in [6, 6.07) is 61.2. The third kappa shape index (κ3) is 5.22. The van der Waals surface area contributed by atoms with Crippen LogP contribution in [0.4, 0.5) is 0 Å². The van der Waals surface area contributed by atoms with Gasteiger partial charge in [-0.25, -0.2) is 15.0 Å². The van der Waals surface area contributed by atoms with Crippen molar-refractivity contribution in [3.8, 4) is 56.4 Å². The Hall–Kier alpha value is -6.91. The van der Waals surface area contributed by atoms with E-state index in [1.807, 2.05) is 36.4 Å². The highest BCUT2D eigenvalue weighted by Crippen LogP contribution is 2.37. The van der Waals surface area contributed by atoms with Gasteiger partial charge >= 0.3 is 0 Å². The average molecular weight is 652 g/mol. The summed E-state index contributed by atoms with van der Waals surface area (Å²) in [5.74, 6) is 1.83. The maximum atomic E-state index is 6.26. The van der Waals surface area contributed by atoms with Crippen molar-refractivity contribution in [3.63, 3.8) is 0 Å². The van der Waals surface area contributed by atoms with Crippen LogP contribution in [-0.4, -0.2) is 15.0 Å². The van der Waals surface area contributed by atoms with E-state index in [4.69, 9.17) is 19.4 Å². The largest absolute Gasteiger partial charge is 0.456 e. The van der Waals surface area contributed by atoms with Gasteiger partial charge in [0.15, 0.2) is 17.5 Å². The molecule has 2 aromatic heterocycles. The van der Waals surface area contributed by atoms with Crippen LogP contribution in [0.2, 0.25) is 0 Å². The van der Waals surface area contributed by atoms with Crippen LogP contribution >= 0.6 is 0 Å². The fraction of sp³-hybridized carbons (Fsp3) is 0. The minimum atomic E-state index is 0.600. The van der Waals surface area contributed by atoms with Crippen LogP contribution in [-0.2, 0) is 0 Å². The van der Waals surface area contributed by atoms with Crippen molar-refractivity contribution in [2.45, 2.75) is 0 Å². The van der Waals surface area contributed by atoms with E-state index in [9.17, 15) is 0 Å². The van der Waals surface area contributed by atoms with Gasteiger partial charge in [0.25, 0.3) is 0 Å². The molecule has 238 valence electrons. The lowest BCUT2D eigenvalue weighted by molar-refractivity contribution is 0.669. The van der Waals surface area contributed by atoms with E-state index in [1.54, 1.807) is 0 Å². The molecule has 4 nitrogen and oxygen atoms in total. The summed E-state index contributed by atoms with van der Waals surface area (Å²) >= 11 is 0. The van der Waals surface area contributed by atoms with Crippen molar-refractivity contribution in [2.24, 2.45) is 0 Å². The third-order valence-electron chi connectivity index (χ3n) is 9.69. The molecule has 0 aliphatic heterocycles. The molecule has 0 atom stereocenters. The van der Waals surface area contributed by atoms with Gasteiger partial charge in [-0.3, -0.25) is 0 Å². The molecule has 0 N–H and O–H groups in total. The van der Waals surface area contributed by atoms with E-state index in [2.05, 4.69) is 140 Å². The number of aromatic nitrogens is 3. The topological polar surface area (TPSA) is 51.8 Å². The fourth-order valence-electron chi connectivity index (χ4n) is 7.12. The Morgan fingerprint density at radius 3 is 1.65 bits per heavy atom. The standard InChI is InChI=1S/C47H29N3O/c1-2-10-30(11-3-1)34-22-23-37-29-39(25-24-36(37)27-34)46-48-45(38-15-8-14-33(28-38)35-21-20-31-12-4-5-13-32(31)26-35)49-47(50-46)41-17-9-19-43-44(41)40-16-6-7-18-42(40)51-43/h1-29H. The van der Waals surface area contributed by atoms with E-state index in [0.717, 1.165) is 60.5 Å². The van der Waals surface area contributed by atoms with Gasteiger partial charge in [-0.2, -0.15) is 0 Å². The second kappa shape index (κ2) is 11.9. The second-order valence-electron chi connectivity index (χ2n) is 12.9. The summed E-state index contributed by atoms with van der Waals surface area (Å²) < 4.78 is 6.26. The molecule has 0 unspecified atom stereocenters. The smallest absolute Gasteiger partial charge is 0.164 e. The molecule has 10 rings (SSSR count). The number of para-hydroxylation sites is 1. The lowest BCUT2D eigenvalue weighted by atomic mass is 9.99. The summed E-state index contributed by atoms with van der Waals surface area (Å²) in [4.78, 5) is 15.5. The summed E-state index contributed by atoms with van der Waals surface area (Å²) in [7, 11) is 0. The number of nitrogens with zero attached hydrogens (tertiary/aromatic N) is 3. The summed E-state index contributed by atoms with van der Waals surface area (Å²) in [6.07, 6.45) is 0. The van der Waals surface area contributed by atoms with Crippen LogP contribution in [0.5, 0.6) is 0 Å². The van der Waals surface area contributed by atoms with Gasteiger partial charge in [0.1, 0.15) is 11.2 Å². The van der Waals surface area contributed by atoms with Crippen LogP contribution in [0.15, 0.2) is 180 Å². The average Bonchev–Trinajstić information content (AvgIpc) is 3.59. The molecular formula is C47H29N3O. The van der Waals surface area contributed by atoms with Crippen LogP contribution in [0.3, 0.4) is 0 Å². The molecule has 0 amide bonds. The first-order valence-electron chi connectivity index (χ1n) is 17.1. The van der Waals surface area contributed by atoms with E-state index in [-0.39, 0.29) is 0 Å². The predicted molar refractivity (Wildman–Crippen MR) is 209 cm³/mol. The molecule has 0 bridgehead atoms. The molecule has 0 fully saturated rings. The zero-order valence-electron chi connectivity index (χ0n) is 27.5. The molecule has 2 heterocycles. The zero-order valence-corrected chi connectivity index (χ0v) is 27.5. The molecule has 51 heavy (non-hydrogen) atoms. The van der Waals surface area contributed by atoms with Gasteiger partial charge in [-0.05, 0) is 80.2 Å². The van der Waals surface area contributed by atoms with Gasteiger partial charge < -0.3 is 4.42 Å². The number of hydrogen-bond donors (Lipinski definition) is 0. The predicted octanol–water partition coefficient (Wildman–Crippen LogP) is 12.4. The lowest BCUT2D eigenvalue weighted by Crippen LogP contribution is -2.00. The first-order chi connectivity index (χ1) is 25.2. The lowest BCUT2D eigenvalue weighted by Gasteiger charge is -2.11. The molecule has 0 aliphatic rings. The molecule has 0 radical (unpaired) electrons. The minimum Gasteiger partial charge on any atom is -0.456 e. The zero-order chi connectivity index (χ0) is 33.7. The van der Waals surface area contributed by atoms with Crippen LogP contribution in [0, 0.1) is 0 Å². The Labute approximate surface area is 294 Å².